The van der Waals surface area contributed by atoms with Gasteiger partial charge in [-0.05, 0) is 49.6 Å². The number of nitrogens with zero attached hydrogens (tertiary/aromatic N) is 4. The smallest absolute Gasteiger partial charge is 0.262 e. The van der Waals surface area contributed by atoms with Crippen LogP contribution >= 0.6 is 0 Å². The van der Waals surface area contributed by atoms with Crippen LogP contribution in [0.25, 0.3) is 10.9 Å². The van der Waals surface area contributed by atoms with Gasteiger partial charge in [0.25, 0.3) is 5.56 Å². The number of benzene rings is 2. The summed E-state index contributed by atoms with van der Waals surface area (Å²) in [6, 6.07) is 12.2. The van der Waals surface area contributed by atoms with Gasteiger partial charge in [-0.3, -0.25) is 33.9 Å². The molecule has 2 aliphatic rings. The summed E-state index contributed by atoms with van der Waals surface area (Å²) in [6.45, 7) is 1.78. The Kier molecular flexibility index (Phi) is 6.46. The van der Waals surface area contributed by atoms with E-state index in [-0.39, 0.29) is 54.3 Å². The van der Waals surface area contributed by atoms with Crippen LogP contribution in [0.2, 0.25) is 0 Å². The number of carbonyl (C=O) groups is 4. The van der Waals surface area contributed by atoms with Crippen LogP contribution < -0.4 is 16.2 Å². The van der Waals surface area contributed by atoms with E-state index in [0.29, 0.717) is 17.7 Å². The van der Waals surface area contributed by atoms with Gasteiger partial charge in [-0.15, -0.1) is 0 Å². The minimum Gasteiger partial charge on any atom is -0.326 e. The zero-order valence-electron chi connectivity index (χ0n) is 20.6. The lowest BCUT2D eigenvalue weighted by Crippen LogP contribution is -2.45. The molecule has 2 aliphatic heterocycles. The molecule has 192 valence electrons. The quantitative estimate of drug-likeness (QED) is 0.493. The molecule has 2 saturated heterocycles. The fourth-order valence-electron chi connectivity index (χ4n) is 5.08. The number of anilines is 1. The van der Waals surface area contributed by atoms with E-state index in [0.717, 1.165) is 5.56 Å². The number of rotatable bonds is 5. The van der Waals surface area contributed by atoms with E-state index in [1.54, 1.807) is 49.4 Å². The number of carbonyl (C=O) groups excluding carboxylic acids is 4. The van der Waals surface area contributed by atoms with Crippen molar-refractivity contribution < 1.29 is 19.2 Å². The van der Waals surface area contributed by atoms with Crippen molar-refractivity contribution in [2.45, 2.75) is 51.2 Å². The molecular weight excluding hydrogens is 488 g/mol. The maximum absolute atomic E-state index is 13.4. The Bertz CT molecular complexity index is 1600. The first-order valence-electron chi connectivity index (χ1n) is 12.2. The maximum atomic E-state index is 13.4. The highest BCUT2D eigenvalue weighted by molar-refractivity contribution is 6.04. The average Bonchev–Trinajstić information content (AvgIpc) is 3.25. The number of likely N-dealkylation sites (tertiary alicyclic amines) is 1. The summed E-state index contributed by atoms with van der Waals surface area (Å²) in [5.74, 6) is -1.23. The molecule has 3 heterocycles. The van der Waals surface area contributed by atoms with Crippen LogP contribution in [0, 0.1) is 18.3 Å². The summed E-state index contributed by atoms with van der Waals surface area (Å²) in [5, 5.41) is 14.5. The molecule has 0 saturated carbocycles. The Hall–Kier alpha value is -4.85. The lowest BCUT2D eigenvalue weighted by molar-refractivity contribution is -0.136. The lowest BCUT2D eigenvalue weighted by atomic mass is 10.1. The third-order valence-electron chi connectivity index (χ3n) is 6.93. The van der Waals surface area contributed by atoms with Gasteiger partial charge in [0.05, 0.1) is 22.7 Å². The number of nitriles is 1. The van der Waals surface area contributed by atoms with E-state index in [2.05, 4.69) is 21.7 Å². The van der Waals surface area contributed by atoms with E-state index in [4.69, 9.17) is 5.26 Å². The predicted molar refractivity (Wildman–Crippen MR) is 136 cm³/mol. The van der Waals surface area contributed by atoms with Crippen LogP contribution in [0.15, 0.2) is 47.3 Å². The molecule has 2 atom stereocenters. The molecule has 2 N–H and O–H groups in total. The standard InChI is InChI=1S/C27H24N6O5/c1-15-29-24-18(27(38)33(15)21-8-10-22(34)31-26(21)37)6-3-7-19(24)30-25(36)20-9-11-23(35)32(20)14-17-5-2-4-16(12-17)13-28/h2-7,12,20-21H,8-11,14H2,1H3,(H,30,36)(H,31,34,37). The normalized spacial score (nSPS) is 19.4. The van der Waals surface area contributed by atoms with Gasteiger partial charge in [0, 0.05) is 19.4 Å². The third-order valence-corrected chi connectivity index (χ3v) is 6.93. The van der Waals surface area contributed by atoms with Crippen LogP contribution in [0.4, 0.5) is 5.69 Å². The number of hydrogen-bond donors (Lipinski definition) is 2. The van der Waals surface area contributed by atoms with Crippen molar-refractivity contribution in [1.82, 2.24) is 19.8 Å². The first kappa shape index (κ1) is 24.8. The number of para-hydroxylation sites is 1. The van der Waals surface area contributed by atoms with Gasteiger partial charge in [0.2, 0.25) is 23.6 Å². The maximum Gasteiger partial charge on any atom is 0.262 e. The molecule has 2 aromatic carbocycles. The summed E-state index contributed by atoms with van der Waals surface area (Å²) >= 11 is 0. The Morgan fingerprint density at radius 2 is 1.92 bits per heavy atom. The molecular formula is C27H24N6O5. The highest BCUT2D eigenvalue weighted by Gasteiger charge is 2.36. The third kappa shape index (κ3) is 4.52. The van der Waals surface area contributed by atoms with Gasteiger partial charge < -0.3 is 10.2 Å². The minimum atomic E-state index is -0.854. The molecule has 0 bridgehead atoms. The second-order valence-electron chi connectivity index (χ2n) is 9.38. The zero-order chi connectivity index (χ0) is 27.0. The van der Waals surface area contributed by atoms with Crippen molar-refractivity contribution in [2.24, 2.45) is 0 Å². The number of imide groups is 1. The highest BCUT2D eigenvalue weighted by Crippen LogP contribution is 2.26. The lowest BCUT2D eigenvalue weighted by Gasteiger charge is -2.25. The van der Waals surface area contributed by atoms with Crippen molar-refractivity contribution >= 4 is 40.2 Å². The monoisotopic (exact) mass is 512 g/mol. The van der Waals surface area contributed by atoms with Gasteiger partial charge in [0.15, 0.2) is 0 Å². The fourth-order valence-corrected chi connectivity index (χ4v) is 5.08. The van der Waals surface area contributed by atoms with E-state index in [9.17, 15) is 24.0 Å². The highest BCUT2D eigenvalue weighted by atomic mass is 16.2. The van der Waals surface area contributed by atoms with E-state index >= 15 is 0 Å². The number of hydrogen-bond acceptors (Lipinski definition) is 7. The summed E-state index contributed by atoms with van der Waals surface area (Å²) in [5.41, 5.74) is 1.34. The Morgan fingerprint density at radius 3 is 2.68 bits per heavy atom. The van der Waals surface area contributed by atoms with Gasteiger partial charge in [-0.2, -0.15) is 5.26 Å². The van der Waals surface area contributed by atoms with Crippen LogP contribution in [0.5, 0.6) is 0 Å². The number of aryl methyl sites for hydroxylation is 1. The average molecular weight is 513 g/mol. The Balaban J connectivity index is 1.43. The molecule has 2 fully saturated rings. The van der Waals surface area contributed by atoms with Crippen molar-refractivity contribution in [2.75, 3.05) is 5.32 Å². The molecule has 4 amide bonds. The molecule has 3 aromatic rings. The Labute approximate surface area is 217 Å². The molecule has 38 heavy (non-hydrogen) atoms. The SMILES string of the molecule is Cc1nc2c(NC(=O)C3CCC(=O)N3Cc3cccc(C#N)c3)cccc2c(=O)n1C1CCC(=O)NC1=O. The predicted octanol–water partition coefficient (Wildman–Crippen LogP) is 1.68. The molecule has 0 aliphatic carbocycles. The van der Waals surface area contributed by atoms with Crippen molar-refractivity contribution in [3.63, 3.8) is 0 Å². The Morgan fingerprint density at radius 1 is 1.13 bits per heavy atom. The molecule has 1 aromatic heterocycles. The van der Waals surface area contributed by atoms with E-state index < -0.39 is 29.5 Å². The zero-order valence-corrected chi connectivity index (χ0v) is 20.6. The number of nitrogens with one attached hydrogen (secondary N) is 2. The summed E-state index contributed by atoms with van der Waals surface area (Å²) in [4.78, 5) is 69.3. The van der Waals surface area contributed by atoms with Crippen molar-refractivity contribution in [3.05, 3.63) is 69.8 Å². The number of piperidine rings is 1. The van der Waals surface area contributed by atoms with E-state index in [1.807, 2.05) is 0 Å². The minimum absolute atomic E-state index is 0.119. The van der Waals surface area contributed by atoms with Crippen LogP contribution in [-0.4, -0.2) is 44.1 Å². The van der Waals surface area contributed by atoms with Crippen molar-refractivity contribution in [1.29, 1.82) is 5.26 Å². The topological polar surface area (TPSA) is 154 Å². The van der Waals surface area contributed by atoms with Crippen LogP contribution in [0.3, 0.4) is 0 Å². The fraction of sp³-hybridized carbons (Fsp3) is 0.296. The molecule has 11 heteroatoms. The second-order valence-corrected chi connectivity index (χ2v) is 9.38. The van der Waals surface area contributed by atoms with Gasteiger partial charge in [-0.25, -0.2) is 4.98 Å². The van der Waals surface area contributed by atoms with Gasteiger partial charge in [-0.1, -0.05) is 18.2 Å². The molecule has 0 spiro atoms. The van der Waals surface area contributed by atoms with Crippen molar-refractivity contribution in [3.8, 4) is 6.07 Å². The molecule has 11 nitrogen and oxygen atoms in total. The first-order chi connectivity index (χ1) is 18.3. The van der Waals surface area contributed by atoms with Gasteiger partial charge >= 0.3 is 0 Å². The molecule has 0 radical (unpaired) electrons. The number of fused-ring (bicyclic) bond motifs is 1. The van der Waals surface area contributed by atoms with E-state index in [1.165, 1.54) is 9.47 Å². The molecule has 2 unspecified atom stereocenters. The van der Waals surface area contributed by atoms with Gasteiger partial charge in [0.1, 0.15) is 23.4 Å². The first-order valence-corrected chi connectivity index (χ1v) is 12.2. The largest absolute Gasteiger partial charge is 0.326 e. The number of aromatic nitrogens is 2. The second kappa shape index (κ2) is 9.89. The number of amides is 4. The summed E-state index contributed by atoms with van der Waals surface area (Å²) in [6.07, 6.45) is 0.868. The molecule has 5 rings (SSSR count). The summed E-state index contributed by atoms with van der Waals surface area (Å²) < 4.78 is 1.28. The van der Waals surface area contributed by atoms with Crippen LogP contribution in [0.1, 0.15) is 48.7 Å². The van der Waals surface area contributed by atoms with Crippen LogP contribution in [-0.2, 0) is 25.7 Å². The summed E-state index contributed by atoms with van der Waals surface area (Å²) in [7, 11) is 0.